The smallest absolute Gasteiger partial charge is 0.248 e. The van der Waals surface area contributed by atoms with E-state index >= 15 is 0 Å². The number of benzene rings is 1. The van der Waals surface area contributed by atoms with Crippen LogP contribution in [0.1, 0.15) is 42.4 Å². The van der Waals surface area contributed by atoms with E-state index in [0.717, 1.165) is 22.6 Å². The Morgan fingerprint density at radius 2 is 1.95 bits per heavy atom. The molecule has 0 fully saturated rings. The van der Waals surface area contributed by atoms with Crippen LogP contribution < -0.4 is 5.32 Å². The highest BCUT2D eigenvalue weighted by atomic mass is 16.3. The van der Waals surface area contributed by atoms with Gasteiger partial charge in [-0.3, -0.25) is 4.79 Å². The Hall–Kier alpha value is -2.29. The van der Waals surface area contributed by atoms with Gasteiger partial charge in [0.05, 0.1) is 0 Å². The van der Waals surface area contributed by atoms with Crippen molar-refractivity contribution < 1.29 is 9.21 Å². The molecular formula is C18H21NO2. The molecule has 0 unspecified atom stereocenters. The van der Waals surface area contributed by atoms with E-state index in [-0.39, 0.29) is 5.91 Å². The first-order chi connectivity index (χ1) is 9.97. The number of nitrogens with one attached hydrogen (secondary N) is 1. The second-order valence-electron chi connectivity index (χ2n) is 5.46. The van der Waals surface area contributed by atoms with Gasteiger partial charge >= 0.3 is 0 Å². The highest BCUT2D eigenvalue weighted by Crippen LogP contribution is 2.27. The monoisotopic (exact) mass is 283 g/mol. The third-order valence-electron chi connectivity index (χ3n) is 3.34. The van der Waals surface area contributed by atoms with E-state index in [1.54, 1.807) is 6.08 Å². The summed E-state index contributed by atoms with van der Waals surface area (Å²) < 4.78 is 5.40. The van der Waals surface area contributed by atoms with Gasteiger partial charge in [0, 0.05) is 11.8 Å². The van der Waals surface area contributed by atoms with Crippen molar-refractivity contribution >= 4 is 17.7 Å². The van der Waals surface area contributed by atoms with Gasteiger partial charge in [-0.1, -0.05) is 32.0 Å². The summed E-state index contributed by atoms with van der Waals surface area (Å²) in [5.41, 5.74) is 3.11. The van der Waals surface area contributed by atoms with Crippen LogP contribution in [-0.2, 0) is 4.79 Å². The molecule has 1 aromatic heterocycles. The molecule has 1 amide bonds. The van der Waals surface area contributed by atoms with Crippen molar-refractivity contribution in [1.82, 2.24) is 0 Å². The lowest BCUT2D eigenvalue weighted by Crippen LogP contribution is -2.11. The molecule has 0 aliphatic rings. The van der Waals surface area contributed by atoms with Gasteiger partial charge in [-0.15, -0.1) is 0 Å². The minimum absolute atomic E-state index is 0.153. The van der Waals surface area contributed by atoms with E-state index < -0.39 is 0 Å². The zero-order valence-corrected chi connectivity index (χ0v) is 12.9. The zero-order chi connectivity index (χ0) is 15.4. The topological polar surface area (TPSA) is 42.2 Å². The van der Waals surface area contributed by atoms with E-state index in [1.807, 2.05) is 44.2 Å². The van der Waals surface area contributed by atoms with Crippen LogP contribution in [0, 0.1) is 13.8 Å². The van der Waals surface area contributed by atoms with Gasteiger partial charge in [0.25, 0.3) is 0 Å². The van der Waals surface area contributed by atoms with Gasteiger partial charge in [0.1, 0.15) is 11.5 Å². The molecule has 0 aliphatic carbocycles. The van der Waals surface area contributed by atoms with Crippen LogP contribution in [-0.4, -0.2) is 5.91 Å². The fourth-order valence-electron chi connectivity index (χ4n) is 2.21. The maximum atomic E-state index is 12.1. The van der Waals surface area contributed by atoms with Crippen molar-refractivity contribution in [1.29, 1.82) is 0 Å². The van der Waals surface area contributed by atoms with Gasteiger partial charge in [-0.05, 0) is 49.1 Å². The first-order valence-electron chi connectivity index (χ1n) is 7.12. The maximum Gasteiger partial charge on any atom is 0.248 e. The molecule has 0 saturated carbocycles. The third kappa shape index (κ3) is 3.85. The Kier molecular flexibility index (Phi) is 4.63. The first-order valence-corrected chi connectivity index (χ1v) is 7.12. The number of para-hydroxylation sites is 1. The predicted octanol–water partition coefficient (Wildman–Crippen LogP) is 4.67. The van der Waals surface area contributed by atoms with Crippen LogP contribution in [0.15, 0.2) is 40.8 Å². The number of hydrogen-bond donors (Lipinski definition) is 1. The molecule has 1 heterocycles. The summed E-state index contributed by atoms with van der Waals surface area (Å²) in [6.07, 6.45) is 3.17. The number of hydrogen-bond acceptors (Lipinski definition) is 2. The average Bonchev–Trinajstić information content (AvgIpc) is 2.84. The molecule has 1 aromatic carbocycles. The highest BCUT2D eigenvalue weighted by molar-refractivity contribution is 6.02. The lowest BCUT2D eigenvalue weighted by molar-refractivity contribution is -0.111. The van der Waals surface area contributed by atoms with Crippen molar-refractivity contribution in [3.63, 3.8) is 0 Å². The van der Waals surface area contributed by atoms with Crippen LogP contribution in [0.2, 0.25) is 0 Å². The molecular weight excluding hydrogens is 262 g/mol. The van der Waals surface area contributed by atoms with Crippen molar-refractivity contribution in [3.8, 4) is 0 Å². The fourth-order valence-corrected chi connectivity index (χ4v) is 2.21. The van der Waals surface area contributed by atoms with E-state index in [1.165, 1.54) is 6.08 Å². The molecule has 0 saturated heterocycles. The molecule has 0 spiro atoms. The second-order valence-corrected chi connectivity index (χ2v) is 5.46. The summed E-state index contributed by atoms with van der Waals surface area (Å²) in [5.74, 6) is 1.71. The molecule has 0 bridgehead atoms. The Bertz CT molecular complexity index is 666. The second kappa shape index (κ2) is 6.44. The summed E-state index contributed by atoms with van der Waals surface area (Å²) in [6, 6.07) is 9.78. The minimum Gasteiger partial charge on any atom is -0.462 e. The minimum atomic E-state index is -0.153. The number of aryl methyl sites for hydroxylation is 2. The number of anilines is 1. The van der Waals surface area contributed by atoms with Crippen LogP contribution in [0.5, 0.6) is 0 Å². The molecule has 0 atom stereocenters. The van der Waals surface area contributed by atoms with Gasteiger partial charge < -0.3 is 9.73 Å². The standard InChI is InChI=1S/C18H21NO2/c1-12(2)16-7-5-6-13(3)18(16)19-17(20)11-10-15-9-8-14(4)21-15/h5-12H,1-4H3,(H,19,20)/b11-10+. The van der Waals surface area contributed by atoms with Crippen molar-refractivity contribution in [2.75, 3.05) is 5.32 Å². The Morgan fingerprint density at radius 1 is 1.19 bits per heavy atom. The van der Waals surface area contributed by atoms with E-state index in [4.69, 9.17) is 4.42 Å². The Balaban J connectivity index is 2.15. The number of amides is 1. The van der Waals surface area contributed by atoms with Gasteiger partial charge in [0.15, 0.2) is 0 Å². The number of carbonyl (C=O) groups excluding carboxylic acids is 1. The van der Waals surface area contributed by atoms with E-state index in [9.17, 15) is 4.79 Å². The van der Waals surface area contributed by atoms with Crippen LogP contribution in [0.25, 0.3) is 6.08 Å². The summed E-state index contributed by atoms with van der Waals surface area (Å²) in [7, 11) is 0. The molecule has 0 aliphatic heterocycles. The van der Waals surface area contributed by atoms with Crippen molar-refractivity contribution in [3.05, 3.63) is 59.1 Å². The van der Waals surface area contributed by atoms with Crippen molar-refractivity contribution in [2.24, 2.45) is 0 Å². The first kappa shape index (κ1) is 15.1. The lowest BCUT2D eigenvalue weighted by atomic mass is 9.98. The molecule has 3 nitrogen and oxygen atoms in total. The third-order valence-corrected chi connectivity index (χ3v) is 3.34. The molecule has 1 N–H and O–H groups in total. The number of furan rings is 1. The summed E-state index contributed by atoms with van der Waals surface area (Å²) in [5, 5.41) is 2.97. The van der Waals surface area contributed by atoms with Crippen LogP contribution >= 0.6 is 0 Å². The molecule has 3 heteroatoms. The molecule has 2 rings (SSSR count). The quantitative estimate of drug-likeness (QED) is 0.828. The number of carbonyl (C=O) groups is 1. The number of rotatable bonds is 4. The fraction of sp³-hybridized carbons (Fsp3) is 0.278. The van der Waals surface area contributed by atoms with Crippen molar-refractivity contribution in [2.45, 2.75) is 33.6 Å². The Labute approximate surface area is 125 Å². The summed E-state index contributed by atoms with van der Waals surface area (Å²) >= 11 is 0. The summed E-state index contributed by atoms with van der Waals surface area (Å²) in [6.45, 7) is 8.11. The SMILES string of the molecule is Cc1ccc(/C=C/C(=O)Nc2c(C)cccc2C(C)C)o1. The zero-order valence-electron chi connectivity index (χ0n) is 12.9. The predicted molar refractivity (Wildman–Crippen MR) is 86.4 cm³/mol. The lowest BCUT2D eigenvalue weighted by Gasteiger charge is -2.15. The van der Waals surface area contributed by atoms with Crippen LogP contribution in [0.4, 0.5) is 5.69 Å². The normalized spacial score (nSPS) is 11.3. The molecule has 2 aromatic rings. The average molecular weight is 283 g/mol. The summed E-state index contributed by atoms with van der Waals surface area (Å²) in [4.78, 5) is 12.1. The van der Waals surface area contributed by atoms with Gasteiger partial charge in [-0.25, -0.2) is 0 Å². The van der Waals surface area contributed by atoms with Crippen LogP contribution in [0.3, 0.4) is 0 Å². The van der Waals surface area contributed by atoms with Gasteiger partial charge in [-0.2, -0.15) is 0 Å². The van der Waals surface area contributed by atoms with E-state index in [2.05, 4.69) is 19.2 Å². The van der Waals surface area contributed by atoms with E-state index in [0.29, 0.717) is 11.7 Å². The van der Waals surface area contributed by atoms with Gasteiger partial charge in [0.2, 0.25) is 5.91 Å². The molecule has 110 valence electrons. The highest BCUT2D eigenvalue weighted by Gasteiger charge is 2.10. The Morgan fingerprint density at radius 3 is 2.57 bits per heavy atom. The molecule has 0 radical (unpaired) electrons. The largest absolute Gasteiger partial charge is 0.462 e. The molecule has 21 heavy (non-hydrogen) atoms. The maximum absolute atomic E-state index is 12.1.